The Labute approximate surface area is 101 Å². The van der Waals surface area contributed by atoms with Gasteiger partial charge in [-0.3, -0.25) is 4.79 Å². The van der Waals surface area contributed by atoms with Crippen molar-refractivity contribution in [2.24, 2.45) is 11.7 Å². The second kappa shape index (κ2) is 7.09. The Morgan fingerprint density at radius 1 is 1.44 bits per heavy atom. The van der Waals surface area contributed by atoms with Crippen molar-refractivity contribution in [3.63, 3.8) is 0 Å². The first kappa shape index (κ1) is 14.7. The predicted octanol–water partition coefficient (Wildman–Crippen LogP) is 1.32. The number of nitrogens with two attached hydrogens (primary N) is 1. The van der Waals surface area contributed by atoms with Crippen LogP contribution in [0.25, 0.3) is 0 Å². The third kappa shape index (κ3) is 4.08. The number of halogens is 1. The van der Waals surface area contributed by atoms with Gasteiger partial charge in [-0.1, -0.05) is 12.1 Å². The maximum atomic E-state index is 10.8. The molecule has 0 heterocycles. The van der Waals surface area contributed by atoms with Crippen molar-refractivity contribution in [3.05, 3.63) is 29.8 Å². The van der Waals surface area contributed by atoms with Gasteiger partial charge in [-0.15, -0.1) is 12.4 Å². The lowest BCUT2D eigenvalue weighted by Gasteiger charge is -2.09. The van der Waals surface area contributed by atoms with E-state index in [4.69, 9.17) is 15.6 Å². The standard InChI is InChI=1S/C11H15NO3.ClH/c1-15-10-4-2-8(3-5-10)6-9(7-12)11(13)14;/h2-5,9H,6-7,12H2,1H3,(H,13,14);1H/t9-;/m1./s1. The Kier molecular flexibility index (Phi) is 6.53. The Morgan fingerprint density at radius 2 is 2.00 bits per heavy atom. The summed E-state index contributed by atoms with van der Waals surface area (Å²) in [6.45, 7) is 0.154. The molecule has 0 aromatic heterocycles. The molecule has 0 aliphatic rings. The highest BCUT2D eigenvalue weighted by Crippen LogP contribution is 2.14. The van der Waals surface area contributed by atoms with Gasteiger partial charge in [-0.25, -0.2) is 0 Å². The number of carboxylic acid groups (broad SMARTS) is 1. The Bertz CT molecular complexity index is 327. The molecule has 1 rings (SSSR count). The Morgan fingerprint density at radius 3 is 2.38 bits per heavy atom. The van der Waals surface area contributed by atoms with Crippen LogP contribution in [0.2, 0.25) is 0 Å². The van der Waals surface area contributed by atoms with E-state index in [-0.39, 0.29) is 19.0 Å². The number of hydrogen-bond donors (Lipinski definition) is 2. The monoisotopic (exact) mass is 245 g/mol. The lowest BCUT2D eigenvalue weighted by atomic mass is 10.00. The fourth-order valence-corrected chi connectivity index (χ4v) is 1.32. The molecule has 1 aromatic rings. The van der Waals surface area contributed by atoms with E-state index in [1.807, 2.05) is 24.3 Å². The Hall–Kier alpha value is -1.26. The molecule has 1 atom stereocenters. The van der Waals surface area contributed by atoms with Crippen LogP contribution in [0.5, 0.6) is 5.75 Å². The minimum Gasteiger partial charge on any atom is -0.497 e. The van der Waals surface area contributed by atoms with Gasteiger partial charge >= 0.3 is 5.97 Å². The number of benzene rings is 1. The van der Waals surface area contributed by atoms with E-state index in [0.717, 1.165) is 11.3 Å². The summed E-state index contributed by atoms with van der Waals surface area (Å²) >= 11 is 0. The van der Waals surface area contributed by atoms with E-state index >= 15 is 0 Å². The molecular weight excluding hydrogens is 230 g/mol. The van der Waals surface area contributed by atoms with E-state index < -0.39 is 11.9 Å². The topological polar surface area (TPSA) is 72.5 Å². The van der Waals surface area contributed by atoms with Gasteiger partial charge in [0.05, 0.1) is 13.0 Å². The van der Waals surface area contributed by atoms with Crippen LogP contribution in [-0.4, -0.2) is 24.7 Å². The van der Waals surface area contributed by atoms with E-state index in [1.54, 1.807) is 7.11 Å². The SMILES string of the molecule is COc1ccc(C[C@H](CN)C(=O)O)cc1.Cl. The van der Waals surface area contributed by atoms with Crippen molar-refractivity contribution >= 4 is 18.4 Å². The molecule has 1 aromatic carbocycles. The average molecular weight is 246 g/mol. The average Bonchev–Trinajstić information content (AvgIpc) is 2.26. The summed E-state index contributed by atoms with van der Waals surface area (Å²) < 4.78 is 5.01. The smallest absolute Gasteiger partial charge is 0.308 e. The lowest BCUT2D eigenvalue weighted by molar-refractivity contribution is -0.141. The number of rotatable bonds is 5. The molecule has 3 N–H and O–H groups in total. The van der Waals surface area contributed by atoms with Gasteiger partial charge in [0.25, 0.3) is 0 Å². The zero-order valence-corrected chi connectivity index (χ0v) is 9.87. The van der Waals surface area contributed by atoms with Gasteiger partial charge in [0.15, 0.2) is 0 Å². The van der Waals surface area contributed by atoms with Crippen molar-refractivity contribution in [2.45, 2.75) is 6.42 Å². The minimum absolute atomic E-state index is 0. The molecule has 0 bridgehead atoms. The third-order valence-corrected chi connectivity index (χ3v) is 2.27. The van der Waals surface area contributed by atoms with E-state index in [2.05, 4.69) is 0 Å². The molecule has 0 saturated carbocycles. The molecule has 0 amide bonds. The van der Waals surface area contributed by atoms with Gasteiger partial charge in [-0.05, 0) is 24.1 Å². The van der Waals surface area contributed by atoms with Crippen molar-refractivity contribution < 1.29 is 14.6 Å². The molecular formula is C11H16ClNO3. The van der Waals surface area contributed by atoms with Crippen LogP contribution in [0, 0.1) is 5.92 Å². The summed E-state index contributed by atoms with van der Waals surface area (Å²) in [5.41, 5.74) is 6.32. The van der Waals surface area contributed by atoms with Gasteiger partial charge in [0.1, 0.15) is 5.75 Å². The maximum Gasteiger partial charge on any atom is 0.308 e. The predicted molar refractivity (Wildman–Crippen MR) is 64.1 cm³/mol. The second-order valence-corrected chi connectivity index (χ2v) is 3.32. The maximum absolute atomic E-state index is 10.8. The van der Waals surface area contributed by atoms with Crippen LogP contribution < -0.4 is 10.5 Å². The minimum atomic E-state index is -0.853. The van der Waals surface area contributed by atoms with E-state index in [0.29, 0.717) is 6.42 Å². The summed E-state index contributed by atoms with van der Waals surface area (Å²) in [6, 6.07) is 7.32. The molecule has 5 heteroatoms. The molecule has 16 heavy (non-hydrogen) atoms. The Balaban J connectivity index is 0.00000225. The number of methoxy groups -OCH3 is 1. The summed E-state index contributed by atoms with van der Waals surface area (Å²) in [4.78, 5) is 10.8. The van der Waals surface area contributed by atoms with Gasteiger partial charge in [0.2, 0.25) is 0 Å². The molecule has 0 fully saturated rings. The molecule has 0 radical (unpaired) electrons. The number of carbonyl (C=O) groups is 1. The van der Waals surface area contributed by atoms with Gasteiger partial charge in [-0.2, -0.15) is 0 Å². The van der Waals surface area contributed by atoms with Crippen LogP contribution in [0.4, 0.5) is 0 Å². The molecule has 90 valence electrons. The first-order chi connectivity index (χ1) is 7.17. The number of aliphatic carboxylic acids is 1. The summed E-state index contributed by atoms with van der Waals surface area (Å²) in [7, 11) is 1.59. The molecule has 0 unspecified atom stereocenters. The van der Waals surface area contributed by atoms with Crippen molar-refractivity contribution in [2.75, 3.05) is 13.7 Å². The number of hydrogen-bond acceptors (Lipinski definition) is 3. The van der Waals surface area contributed by atoms with Gasteiger partial charge in [0, 0.05) is 6.54 Å². The normalized spacial score (nSPS) is 11.4. The molecule has 0 saturated heterocycles. The van der Waals surface area contributed by atoms with Crippen LogP contribution in [-0.2, 0) is 11.2 Å². The van der Waals surface area contributed by atoms with Crippen LogP contribution >= 0.6 is 12.4 Å². The highest BCUT2D eigenvalue weighted by atomic mass is 35.5. The lowest BCUT2D eigenvalue weighted by Crippen LogP contribution is -2.25. The van der Waals surface area contributed by atoms with Crippen LogP contribution in [0.1, 0.15) is 5.56 Å². The molecule has 0 aliphatic carbocycles. The second-order valence-electron chi connectivity index (χ2n) is 3.32. The fourth-order valence-electron chi connectivity index (χ4n) is 1.32. The first-order valence-electron chi connectivity index (χ1n) is 4.73. The third-order valence-electron chi connectivity index (χ3n) is 2.27. The van der Waals surface area contributed by atoms with E-state index in [9.17, 15) is 4.79 Å². The molecule has 0 aliphatic heterocycles. The van der Waals surface area contributed by atoms with Crippen LogP contribution in [0.15, 0.2) is 24.3 Å². The van der Waals surface area contributed by atoms with Crippen molar-refractivity contribution in [3.8, 4) is 5.75 Å². The quantitative estimate of drug-likeness (QED) is 0.821. The molecule has 4 nitrogen and oxygen atoms in total. The highest BCUT2D eigenvalue weighted by Gasteiger charge is 2.15. The van der Waals surface area contributed by atoms with Gasteiger partial charge < -0.3 is 15.6 Å². The summed E-state index contributed by atoms with van der Waals surface area (Å²) in [5.74, 6) is -0.606. The zero-order chi connectivity index (χ0) is 11.3. The fraction of sp³-hybridized carbons (Fsp3) is 0.364. The molecule has 0 spiro atoms. The highest BCUT2D eigenvalue weighted by molar-refractivity contribution is 5.85. The number of ether oxygens (including phenoxy) is 1. The summed E-state index contributed by atoms with van der Waals surface area (Å²) in [5, 5.41) is 8.83. The summed E-state index contributed by atoms with van der Waals surface area (Å²) in [6.07, 6.45) is 0.454. The van der Waals surface area contributed by atoms with E-state index in [1.165, 1.54) is 0 Å². The first-order valence-corrected chi connectivity index (χ1v) is 4.73. The number of carboxylic acids is 1. The van der Waals surface area contributed by atoms with Crippen molar-refractivity contribution in [1.29, 1.82) is 0 Å². The largest absolute Gasteiger partial charge is 0.497 e. The van der Waals surface area contributed by atoms with Crippen molar-refractivity contribution in [1.82, 2.24) is 0 Å². The van der Waals surface area contributed by atoms with Crippen LogP contribution in [0.3, 0.4) is 0 Å². The zero-order valence-electron chi connectivity index (χ0n) is 9.05.